The predicted molar refractivity (Wildman–Crippen MR) is 141 cm³/mol. The molecule has 1 fully saturated rings. The lowest BCUT2D eigenvalue weighted by atomic mass is 9.95. The molecule has 2 aromatic carbocycles. The first-order valence-electron chi connectivity index (χ1n) is 11.7. The van der Waals surface area contributed by atoms with Gasteiger partial charge in [0.25, 0.3) is 6.43 Å². The maximum absolute atomic E-state index is 15.5. The molecule has 1 unspecified atom stereocenters. The number of rotatable bonds is 11. The Morgan fingerprint density at radius 3 is 1.93 bits per heavy atom. The summed E-state index contributed by atoms with van der Waals surface area (Å²) >= 11 is 5.43. The zero-order valence-corrected chi connectivity index (χ0v) is 23.2. The number of aliphatic hydroxyl groups excluding tert-OH is 2. The number of ether oxygens (including phenoxy) is 3. The minimum atomic E-state index is -4.62. The van der Waals surface area contributed by atoms with Gasteiger partial charge in [-0.05, 0) is 54.6 Å². The van der Waals surface area contributed by atoms with E-state index in [1.807, 2.05) is 0 Å². The second kappa shape index (κ2) is 12.0. The fraction of sp³-hybridized carbons (Fsp3) is 0.375. The Morgan fingerprint density at radius 2 is 1.49 bits per heavy atom. The maximum atomic E-state index is 15.5. The first kappa shape index (κ1) is 30.8. The van der Waals surface area contributed by atoms with Gasteiger partial charge < -0.3 is 44.1 Å². The summed E-state index contributed by atoms with van der Waals surface area (Å²) in [6, 6.07) is 11.7. The van der Waals surface area contributed by atoms with Crippen LogP contribution in [0.25, 0.3) is 0 Å². The molecule has 4 atom stereocenters. The molecule has 2 aliphatic rings. The molecule has 0 aromatic heterocycles. The minimum absolute atomic E-state index is 0.0581. The molecule has 17 heteroatoms. The quantitative estimate of drug-likeness (QED) is 0.251. The van der Waals surface area contributed by atoms with Crippen molar-refractivity contribution >= 4 is 24.4 Å². The molecular formula is C24H26F4N3O8PS. The topological polar surface area (TPSA) is 137 Å². The van der Waals surface area contributed by atoms with Gasteiger partial charge in [-0.15, -0.1) is 0 Å². The van der Waals surface area contributed by atoms with Crippen LogP contribution in [0.1, 0.15) is 0 Å². The molecule has 4 rings (SSSR count). The van der Waals surface area contributed by atoms with Gasteiger partial charge in [-0.25, -0.2) is 13.8 Å². The highest BCUT2D eigenvalue weighted by molar-refractivity contribution is 8.07. The predicted octanol–water partition coefficient (Wildman–Crippen LogP) is 3.22. The van der Waals surface area contributed by atoms with E-state index in [4.69, 9.17) is 45.3 Å². The van der Waals surface area contributed by atoms with Crippen LogP contribution in [-0.4, -0.2) is 78.4 Å². The van der Waals surface area contributed by atoms with E-state index >= 15 is 8.78 Å². The van der Waals surface area contributed by atoms with Crippen LogP contribution in [0.3, 0.4) is 0 Å². The van der Waals surface area contributed by atoms with E-state index < -0.39 is 50.0 Å². The molecule has 0 radical (unpaired) electrons. The van der Waals surface area contributed by atoms with Crippen LogP contribution < -0.4 is 24.3 Å². The largest absolute Gasteiger partial charge is 0.497 e. The number of aliphatic hydroxyl groups is 2. The van der Waals surface area contributed by atoms with Crippen molar-refractivity contribution in [2.75, 3.05) is 20.8 Å². The number of hydrogen-bond acceptors (Lipinski definition) is 12. The molecule has 41 heavy (non-hydrogen) atoms. The van der Waals surface area contributed by atoms with Gasteiger partial charge in [0.15, 0.2) is 12.3 Å². The third-order valence-corrected chi connectivity index (χ3v) is 8.20. The maximum Gasteiger partial charge on any atom is 0.435 e. The summed E-state index contributed by atoms with van der Waals surface area (Å²) in [5, 5.41) is 20.5. The first-order valence-corrected chi connectivity index (χ1v) is 14.3. The lowest BCUT2D eigenvalue weighted by molar-refractivity contribution is -0.246. The molecule has 0 aliphatic carbocycles. The number of aliphatic imine (C=N–C) groups is 1. The Hall–Kier alpha value is -3.14. The van der Waals surface area contributed by atoms with E-state index in [9.17, 15) is 19.0 Å². The number of nitrogens with zero attached hydrogens (tertiary/aromatic N) is 2. The van der Waals surface area contributed by atoms with E-state index in [0.717, 1.165) is 12.3 Å². The molecule has 224 valence electrons. The second-order valence-electron chi connectivity index (χ2n) is 8.68. The molecule has 2 heterocycles. The van der Waals surface area contributed by atoms with Crippen LogP contribution >= 0.6 is 6.72 Å². The summed E-state index contributed by atoms with van der Waals surface area (Å²) in [5.41, 5.74) is 1.72. The first-order chi connectivity index (χ1) is 19.3. The van der Waals surface area contributed by atoms with Gasteiger partial charge in [0.2, 0.25) is 12.0 Å². The van der Waals surface area contributed by atoms with E-state index in [-0.39, 0.29) is 17.3 Å². The fourth-order valence-electron chi connectivity index (χ4n) is 3.88. The number of alkyl halides is 4. The number of hydrogen-bond donors (Lipinski definition) is 3. The Kier molecular flexibility index (Phi) is 9.01. The summed E-state index contributed by atoms with van der Waals surface area (Å²) in [4.78, 5) is 4.16. The van der Waals surface area contributed by atoms with Gasteiger partial charge in [-0.2, -0.15) is 8.78 Å². The van der Waals surface area contributed by atoms with Crippen molar-refractivity contribution < 1.29 is 55.6 Å². The van der Waals surface area contributed by atoms with Crippen LogP contribution in [0.15, 0.2) is 65.8 Å². The van der Waals surface area contributed by atoms with Gasteiger partial charge in [-0.1, -0.05) is 0 Å². The molecule has 2 aromatic rings. The van der Waals surface area contributed by atoms with Crippen molar-refractivity contribution in [1.82, 2.24) is 4.90 Å². The third-order valence-electron chi connectivity index (χ3n) is 6.12. The zero-order chi connectivity index (χ0) is 30.0. The summed E-state index contributed by atoms with van der Waals surface area (Å²) in [7, 11) is 2.87. The van der Waals surface area contributed by atoms with Crippen LogP contribution in [0.5, 0.6) is 23.0 Å². The molecule has 2 aliphatic heterocycles. The van der Waals surface area contributed by atoms with Crippen molar-refractivity contribution in [2.45, 2.75) is 36.6 Å². The molecule has 0 spiro atoms. The summed E-state index contributed by atoms with van der Waals surface area (Å²) in [6.07, 6.45) is -8.76. The molecule has 0 saturated carbocycles. The van der Waals surface area contributed by atoms with E-state index in [1.165, 1.54) is 62.8 Å². The molecular weight excluding hydrogens is 597 g/mol. The highest BCUT2D eigenvalue weighted by atomic mass is 32.5. The van der Waals surface area contributed by atoms with Gasteiger partial charge in [0, 0.05) is 18.0 Å². The Morgan fingerprint density at radius 1 is 1.00 bits per heavy atom. The number of halogens is 4. The van der Waals surface area contributed by atoms with Crippen molar-refractivity contribution in [2.24, 2.45) is 10.7 Å². The molecule has 0 bridgehead atoms. The van der Waals surface area contributed by atoms with E-state index in [0.29, 0.717) is 16.4 Å². The van der Waals surface area contributed by atoms with Gasteiger partial charge >= 0.3 is 12.6 Å². The Bertz CT molecular complexity index is 1270. The van der Waals surface area contributed by atoms with Crippen LogP contribution in [0.4, 0.5) is 17.6 Å². The number of benzene rings is 2. The Balaban J connectivity index is 1.64. The summed E-state index contributed by atoms with van der Waals surface area (Å²) < 4.78 is 92.0. The molecule has 0 amide bonds. The van der Waals surface area contributed by atoms with Crippen molar-refractivity contribution in [3.8, 4) is 23.0 Å². The van der Waals surface area contributed by atoms with Crippen LogP contribution in [0.2, 0.25) is 0 Å². The van der Waals surface area contributed by atoms with E-state index in [1.54, 1.807) is 0 Å². The van der Waals surface area contributed by atoms with Crippen molar-refractivity contribution in [3.05, 3.63) is 60.8 Å². The average molecular weight is 624 g/mol. The van der Waals surface area contributed by atoms with Crippen molar-refractivity contribution in [1.29, 1.82) is 0 Å². The molecule has 11 nitrogen and oxygen atoms in total. The highest BCUT2D eigenvalue weighted by Gasteiger charge is 2.74. The average Bonchev–Trinajstić information content (AvgIpc) is 3.14. The molecule has 1 saturated heterocycles. The highest BCUT2D eigenvalue weighted by Crippen LogP contribution is 2.55. The van der Waals surface area contributed by atoms with Crippen LogP contribution in [-0.2, 0) is 21.1 Å². The summed E-state index contributed by atoms with van der Waals surface area (Å²) in [5.74, 6) is -3.75. The van der Waals surface area contributed by atoms with Gasteiger partial charge in [0.1, 0.15) is 28.8 Å². The minimum Gasteiger partial charge on any atom is -0.497 e. The lowest BCUT2D eigenvalue weighted by Crippen LogP contribution is -2.57. The normalized spacial score (nSPS) is 25.6. The smallest absolute Gasteiger partial charge is 0.435 e. The van der Waals surface area contributed by atoms with Gasteiger partial charge in [0.05, 0.1) is 20.8 Å². The zero-order valence-electron chi connectivity index (χ0n) is 21.5. The number of methoxy groups -OCH3 is 2. The molecule has 4 N–H and O–H groups in total. The monoisotopic (exact) mass is 623 g/mol. The SMILES string of the molecule is COc1ccc(OP(=S)(OC[C@@]2(C(F)F)O[C@@H](N3C=CC(N)=NC3O)[C@H](O)C2(F)F)Oc2ccc(OC)cc2)cc1. The number of amidine groups is 1. The number of nitrogens with two attached hydrogens (primary N) is 1. The lowest BCUT2D eigenvalue weighted by Gasteiger charge is -2.35. The van der Waals surface area contributed by atoms with Crippen LogP contribution in [0, 0.1) is 0 Å². The Labute approximate surface area is 236 Å². The van der Waals surface area contributed by atoms with Gasteiger partial charge in [-0.3, -0.25) is 4.52 Å². The van der Waals surface area contributed by atoms with Crippen molar-refractivity contribution in [3.63, 3.8) is 0 Å². The fourth-order valence-corrected chi connectivity index (χ4v) is 5.81. The van der Waals surface area contributed by atoms with E-state index in [2.05, 4.69) is 4.99 Å². The second-order valence-corrected chi connectivity index (χ2v) is 11.5. The standard InChI is InChI=1S/C24H26F4N3O8PS/c1-34-14-3-7-16(8-4-14)38-40(41,39-17-9-5-15(35-2)6-10-17)36-13-23(21(25)26)24(27,28)19(32)20(37-23)31-12-11-18(29)30-22(31)33/h3-12,19-22,32-33H,13H2,1-2H3,(H2,29,30)/t19-,20+,22?,23-/m0/s1. The summed E-state index contributed by atoms with van der Waals surface area (Å²) in [6.45, 7) is -5.76. The third kappa shape index (κ3) is 6.22.